The van der Waals surface area contributed by atoms with Crippen LogP contribution in [0.25, 0.3) is 0 Å². The summed E-state index contributed by atoms with van der Waals surface area (Å²) >= 11 is 0. The fourth-order valence-corrected chi connectivity index (χ4v) is 4.32. The van der Waals surface area contributed by atoms with Crippen LogP contribution < -0.4 is 10.2 Å². The molecule has 6 heteroatoms. The lowest BCUT2D eigenvalue weighted by atomic mass is 9.79. The highest BCUT2D eigenvalue weighted by Crippen LogP contribution is 2.41. The van der Waals surface area contributed by atoms with Crippen molar-refractivity contribution >= 4 is 11.6 Å². The third kappa shape index (κ3) is 4.00. The fourth-order valence-electron chi connectivity index (χ4n) is 4.32. The van der Waals surface area contributed by atoms with Gasteiger partial charge in [0, 0.05) is 39.3 Å². The van der Waals surface area contributed by atoms with Crippen molar-refractivity contribution in [3.05, 3.63) is 23.8 Å². The van der Waals surface area contributed by atoms with Crippen molar-refractivity contribution in [1.29, 1.82) is 0 Å². The molecule has 1 amide bonds. The molecule has 1 N–H and O–H groups in total. The van der Waals surface area contributed by atoms with E-state index in [0.29, 0.717) is 17.1 Å². The van der Waals surface area contributed by atoms with Crippen LogP contribution in [-0.2, 0) is 0 Å². The van der Waals surface area contributed by atoms with Gasteiger partial charge in [0.1, 0.15) is 5.69 Å². The van der Waals surface area contributed by atoms with Crippen LogP contribution in [0, 0.1) is 17.3 Å². The summed E-state index contributed by atoms with van der Waals surface area (Å²) in [7, 11) is 1.52. The van der Waals surface area contributed by atoms with Gasteiger partial charge in [-0.2, -0.15) is 4.39 Å². The Morgan fingerprint density at radius 3 is 2.42 bits per heavy atom. The molecule has 0 spiro atoms. The van der Waals surface area contributed by atoms with Crippen molar-refractivity contribution < 1.29 is 9.18 Å². The largest absolute Gasteiger partial charge is 0.365 e. The molecule has 5 nitrogen and oxygen atoms in total. The maximum Gasteiger partial charge on any atom is 0.269 e. The highest BCUT2D eigenvalue weighted by molar-refractivity contribution is 5.92. The Kier molecular flexibility index (Phi) is 5.51. The summed E-state index contributed by atoms with van der Waals surface area (Å²) < 4.78 is 14.4. The van der Waals surface area contributed by atoms with Crippen molar-refractivity contribution in [2.24, 2.45) is 11.3 Å². The summed E-state index contributed by atoms with van der Waals surface area (Å²) in [4.78, 5) is 20.0. The first kappa shape index (κ1) is 19.1. The van der Waals surface area contributed by atoms with Crippen molar-refractivity contribution in [3.63, 3.8) is 0 Å². The second-order valence-electron chi connectivity index (χ2n) is 8.64. The molecule has 1 aliphatic carbocycles. The Balaban J connectivity index is 1.58. The first-order valence-corrected chi connectivity index (χ1v) is 9.67. The Bertz CT molecular complexity index is 650. The van der Waals surface area contributed by atoms with E-state index in [1.807, 2.05) is 4.90 Å². The fraction of sp³-hybridized carbons (Fsp3) is 0.700. The van der Waals surface area contributed by atoms with Gasteiger partial charge in [-0.15, -0.1) is 0 Å². The SMILES string of the molecule is CNC(=O)c1ccc(N2CCN([C@@H]3CCC(C(C)(C)C)C3)CC2)c(F)n1. The van der Waals surface area contributed by atoms with E-state index in [1.54, 1.807) is 12.1 Å². The van der Waals surface area contributed by atoms with E-state index in [2.05, 4.69) is 36.0 Å². The van der Waals surface area contributed by atoms with Gasteiger partial charge in [-0.1, -0.05) is 20.8 Å². The minimum atomic E-state index is -0.562. The van der Waals surface area contributed by atoms with Gasteiger partial charge in [0.15, 0.2) is 0 Å². The predicted octanol–water partition coefficient (Wildman–Crippen LogP) is 2.92. The Morgan fingerprint density at radius 2 is 1.88 bits per heavy atom. The lowest BCUT2D eigenvalue weighted by Gasteiger charge is -2.39. The number of hydrogen-bond donors (Lipinski definition) is 1. The molecular formula is C20H31FN4O. The maximum atomic E-state index is 14.4. The van der Waals surface area contributed by atoms with Crippen LogP contribution in [0.1, 0.15) is 50.5 Å². The zero-order chi connectivity index (χ0) is 18.9. The van der Waals surface area contributed by atoms with E-state index >= 15 is 0 Å². The molecule has 2 aliphatic rings. The predicted molar refractivity (Wildman–Crippen MR) is 102 cm³/mol. The quantitative estimate of drug-likeness (QED) is 0.840. The lowest BCUT2D eigenvalue weighted by Crippen LogP contribution is -2.50. The molecule has 1 aromatic heterocycles. The molecule has 26 heavy (non-hydrogen) atoms. The van der Waals surface area contributed by atoms with Gasteiger partial charge < -0.3 is 10.2 Å². The first-order chi connectivity index (χ1) is 12.3. The number of nitrogens with one attached hydrogen (secondary N) is 1. The monoisotopic (exact) mass is 362 g/mol. The molecular weight excluding hydrogens is 331 g/mol. The second kappa shape index (κ2) is 7.51. The third-order valence-corrected chi connectivity index (χ3v) is 6.09. The smallest absolute Gasteiger partial charge is 0.269 e. The van der Waals surface area contributed by atoms with E-state index in [1.165, 1.54) is 26.3 Å². The van der Waals surface area contributed by atoms with Gasteiger partial charge in [-0.25, -0.2) is 4.98 Å². The summed E-state index contributed by atoms with van der Waals surface area (Å²) in [6.45, 7) is 10.5. The zero-order valence-corrected chi connectivity index (χ0v) is 16.4. The molecule has 1 aliphatic heterocycles. The summed E-state index contributed by atoms with van der Waals surface area (Å²) in [5.74, 6) is -0.132. The molecule has 144 valence electrons. The molecule has 1 unspecified atom stereocenters. The number of piperazine rings is 1. The number of anilines is 1. The molecule has 2 atom stereocenters. The normalized spacial score (nSPS) is 24.7. The minimum Gasteiger partial charge on any atom is -0.365 e. The molecule has 2 heterocycles. The lowest BCUT2D eigenvalue weighted by molar-refractivity contribution is 0.0957. The van der Waals surface area contributed by atoms with Crippen LogP contribution in [0.15, 0.2) is 12.1 Å². The number of carbonyl (C=O) groups excluding carboxylic acids is 1. The summed E-state index contributed by atoms with van der Waals surface area (Å²) in [6, 6.07) is 3.93. The number of pyridine rings is 1. The number of aromatic nitrogens is 1. The second-order valence-corrected chi connectivity index (χ2v) is 8.64. The van der Waals surface area contributed by atoms with E-state index in [-0.39, 0.29) is 11.6 Å². The molecule has 0 aromatic carbocycles. The van der Waals surface area contributed by atoms with Crippen molar-refractivity contribution in [3.8, 4) is 0 Å². The van der Waals surface area contributed by atoms with Crippen molar-refractivity contribution in [1.82, 2.24) is 15.2 Å². The molecule has 1 aromatic rings. The van der Waals surface area contributed by atoms with E-state index in [4.69, 9.17) is 0 Å². The maximum absolute atomic E-state index is 14.4. The topological polar surface area (TPSA) is 48.5 Å². The number of carbonyl (C=O) groups is 1. The van der Waals surface area contributed by atoms with Gasteiger partial charge in [-0.05, 0) is 42.7 Å². The number of amides is 1. The number of nitrogens with zero attached hydrogens (tertiary/aromatic N) is 3. The van der Waals surface area contributed by atoms with Crippen LogP contribution in [0.4, 0.5) is 10.1 Å². The Morgan fingerprint density at radius 1 is 1.19 bits per heavy atom. The number of rotatable bonds is 3. The zero-order valence-electron chi connectivity index (χ0n) is 16.4. The number of halogens is 1. The molecule has 0 bridgehead atoms. The standard InChI is InChI=1S/C20H31FN4O/c1-20(2,3)14-5-6-15(13-14)24-9-11-25(12-10-24)17-8-7-16(19(26)22-4)23-18(17)21/h7-8,14-15H,5-6,9-13H2,1-4H3,(H,22,26)/t14?,15-/m1/s1. The average Bonchev–Trinajstić information content (AvgIpc) is 3.11. The Labute approximate surface area is 156 Å². The van der Waals surface area contributed by atoms with Crippen molar-refractivity contribution in [2.45, 2.75) is 46.1 Å². The highest BCUT2D eigenvalue weighted by Gasteiger charge is 2.36. The summed E-state index contributed by atoms with van der Waals surface area (Å²) in [6.07, 6.45) is 3.87. The molecule has 1 saturated heterocycles. The van der Waals surface area contributed by atoms with Gasteiger partial charge in [0.05, 0.1) is 5.69 Å². The summed E-state index contributed by atoms with van der Waals surface area (Å²) in [5, 5.41) is 2.47. The van der Waals surface area contributed by atoms with E-state index in [0.717, 1.165) is 32.1 Å². The molecule has 1 saturated carbocycles. The van der Waals surface area contributed by atoms with Gasteiger partial charge in [-0.3, -0.25) is 9.69 Å². The van der Waals surface area contributed by atoms with Crippen LogP contribution in [0.5, 0.6) is 0 Å². The van der Waals surface area contributed by atoms with Crippen molar-refractivity contribution in [2.75, 3.05) is 38.1 Å². The number of hydrogen-bond acceptors (Lipinski definition) is 4. The Hall–Kier alpha value is -1.69. The van der Waals surface area contributed by atoms with E-state index in [9.17, 15) is 9.18 Å². The van der Waals surface area contributed by atoms with Crippen LogP contribution in [-0.4, -0.2) is 55.1 Å². The molecule has 3 rings (SSSR count). The van der Waals surface area contributed by atoms with Gasteiger partial charge >= 0.3 is 0 Å². The first-order valence-electron chi connectivity index (χ1n) is 9.67. The molecule has 0 radical (unpaired) electrons. The highest BCUT2D eigenvalue weighted by atomic mass is 19.1. The van der Waals surface area contributed by atoms with Crippen LogP contribution in [0.3, 0.4) is 0 Å². The van der Waals surface area contributed by atoms with Crippen LogP contribution in [0.2, 0.25) is 0 Å². The average molecular weight is 362 g/mol. The van der Waals surface area contributed by atoms with Gasteiger partial charge in [0.2, 0.25) is 5.95 Å². The van der Waals surface area contributed by atoms with Crippen LogP contribution >= 0.6 is 0 Å². The van der Waals surface area contributed by atoms with E-state index < -0.39 is 5.95 Å². The van der Waals surface area contributed by atoms with Gasteiger partial charge in [0.25, 0.3) is 5.91 Å². The third-order valence-electron chi connectivity index (χ3n) is 6.09. The minimum absolute atomic E-state index is 0.117. The summed E-state index contributed by atoms with van der Waals surface area (Å²) in [5.41, 5.74) is 1.00. The molecule has 2 fully saturated rings.